The number of H-pyrrole nitrogens is 1. The zero-order valence-corrected chi connectivity index (χ0v) is 11.4. The Morgan fingerprint density at radius 2 is 2.16 bits per heavy atom. The molecule has 0 bridgehead atoms. The minimum absolute atomic E-state index is 0.0304. The Morgan fingerprint density at radius 3 is 2.89 bits per heavy atom. The third kappa shape index (κ3) is 2.24. The maximum absolute atomic E-state index is 12.5. The summed E-state index contributed by atoms with van der Waals surface area (Å²) >= 11 is 0. The van der Waals surface area contributed by atoms with Crippen molar-refractivity contribution in [1.82, 2.24) is 19.6 Å². The molecule has 3 rings (SSSR count). The zero-order chi connectivity index (χ0) is 13.5. The summed E-state index contributed by atoms with van der Waals surface area (Å²) < 4.78 is 26.5. The highest BCUT2D eigenvalue weighted by Gasteiger charge is 2.30. The van der Waals surface area contributed by atoms with Crippen LogP contribution in [-0.4, -0.2) is 48.4 Å². The molecule has 0 unspecified atom stereocenters. The predicted molar refractivity (Wildman–Crippen MR) is 72.3 cm³/mol. The van der Waals surface area contributed by atoms with Crippen LogP contribution in [-0.2, 0) is 10.0 Å². The number of hydrogen-bond acceptors (Lipinski definition) is 4. The van der Waals surface area contributed by atoms with Gasteiger partial charge < -0.3 is 10.3 Å². The van der Waals surface area contributed by atoms with E-state index in [1.54, 1.807) is 6.07 Å². The summed E-state index contributed by atoms with van der Waals surface area (Å²) in [6, 6.07) is 7.47. The molecule has 1 fully saturated rings. The lowest BCUT2D eigenvalue weighted by atomic mass is 10.3. The van der Waals surface area contributed by atoms with E-state index in [2.05, 4.69) is 15.3 Å². The predicted octanol–water partition coefficient (Wildman–Crippen LogP) is 0.545. The molecule has 7 heteroatoms. The van der Waals surface area contributed by atoms with Crippen molar-refractivity contribution in [2.45, 2.75) is 18.1 Å². The number of fused-ring (bicyclic) bond motifs is 1. The summed E-state index contributed by atoms with van der Waals surface area (Å²) in [5.41, 5.74) is 1.41. The van der Waals surface area contributed by atoms with Gasteiger partial charge in [0.05, 0.1) is 11.0 Å². The lowest BCUT2D eigenvalue weighted by Gasteiger charge is -2.30. The quantitative estimate of drug-likeness (QED) is 0.842. The first-order valence-corrected chi connectivity index (χ1v) is 7.69. The van der Waals surface area contributed by atoms with Gasteiger partial charge >= 0.3 is 0 Å². The van der Waals surface area contributed by atoms with Crippen LogP contribution in [0.3, 0.4) is 0 Å². The van der Waals surface area contributed by atoms with Crippen molar-refractivity contribution in [2.24, 2.45) is 0 Å². The highest BCUT2D eigenvalue weighted by Crippen LogP contribution is 2.18. The van der Waals surface area contributed by atoms with E-state index in [1.165, 1.54) is 4.31 Å². The van der Waals surface area contributed by atoms with Crippen LogP contribution in [0.2, 0.25) is 0 Å². The fourth-order valence-corrected chi connectivity index (χ4v) is 3.74. The third-order valence-electron chi connectivity index (χ3n) is 3.28. The molecular weight excluding hydrogens is 264 g/mol. The van der Waals surface area contributed by atoms with Gasteiger partial charge in [0.25, 0.3) is 10.0 Å². The fourth-order valence-electron chi connectivity index (χ4n) is 2.29. The van der Waals surface area contributed by atoms with Crippen LogP contribution >= 0.6 is 0 Å². The fraction of sp³-hybridized carbons (Fsp3) is 0.417. The van der Waals surface area contributed by atoms with Gasteiger partial charge in [-0.1, -0.05) is 12.1 Å². The number of nitrogens with zero attached hydrogens (tertiary/aromatic N) is 2. The molecule has 0 amide bonds. The summed E-state index contributed by atoms with van der Waals surface area (Å²) in [5.74, 6) is 0. The van der Waals surface area contributed by atoms with E-state index in [1.807, 2.05) is 25.1 Å². The Hall–Kier alpha value is -1.44. The molecule has 1 aliphatic rings. The SMILES string of the molecule is C[C@H]1CN(S(=O)(=O)c2nc3ccccc3[nH]2)CCN1. The molecule has 2 heterocycles. The first-order valence-electron chi connectivity index (χ1n) is 6.25. The summed E-state index contributed by atoms with van der Waals surface area (Å²) in [5, 5.41) is 3.26. The van der Waals surface area contributed by atoms with Crippen molar-refractivity contribution >= 4 is 21.1 Å². The molecule has 1 aromatic carbocycles. The second kappa shape index (κ2) is 4.59. The Bertz CT molecular complexity index is 662. The number of benzene rings is 1. The van der Waals surface area contributed by atoms with Gasteiger partial charge in [-0.25, -0.2) is 13.4 Å². The molecule has 0 spiro atoms. The average molecular weight is 280 g/mol. The lowest BCUT2D eigenvalue weighted by molar-refractivity contribution is 0.308. The van der Waals surface area contributed by atoms with Crippen molar-refractivity contribution in [1.29, 1.82) is 0 Å². The molecule has 19 heavy (non-hydrogen) atoms. The minimum atomic E-state index is -3.53. The maximum Gasteiger partial charge on any atom is 0.276 e. The highest BCUT2D eigenvalue weighted by molar-refractivity contribution is 7.89. The van der Waals surface area contributed by atoms with Gasteiger partial charge in [0, 0.05) is 25.7 Å². The number of para-hydroxylation sites is 2. The third-order valence-corrected chi connectivity index (χ3v) is 4.98. The number of aromatic amines is 1. The van der Waals surface area contributed by atoms with Crippen LogP contribution in [0.5, 0.6) is 0 Å². The van der Waals surface area contributed by atoms with E-state index in [-0.39, 0.29) is 11.2 Å². The van der Waals surface area contributed by atoms with Gasteiger partial charge in [-0.2, -0.15) is 4.31 Å². The topological polar surface area (TPSA) is 78.1 Å². The smallest absolute Gasteiger partial charge is 0.276 e. The number of sulfonamides is 1. The highest BCUT2D eigenvalue weighted by atomic mass is 32.2. The Kier molecular flexibility index (Phi) is 3.04. The van der Waals surface area contributed by atoms with Crippen molar-refractivity contribution in [3.05, 3.63) is 24.3 Å². The monoisotopic (exact) mass is 280 g/mol. The maximum atomic E-state index is 12.5. The molecule has 1 atom stereocenters. The molecule has 2 N–H and O–H groups in total. The molecule has 1 aromatic heterocycles. The standard InChI is InChI=1S/C12H16N4O2S/c1-9-8-16(7-6-13-9)19(17,18)12-14-10-4-2-3-5-11(10)15-12/h2-5,9,13H,6-8H2,1H3,(H,14,15)/t9-/m0/s1. The molecular formula is C12H16N4O2S. The second-order valence-electron chi connectivity index (χ2n) is 4.78. The van der Waals surface area contributed by atoms with E-state index in [0.717, 1.165) is 5.52 Å². The molecule has 0 aliphatic carbocycles. The normalized spacial score (nSPS) is 21.8. The van der Waals surface area contributed by atoms with Crippen LogP contribution in [0.25, 0.3) is 11.0 Å². The molecule has 102 valence electrons. The van der Waals surface area contributed by atoms with Gasteiger partial charge in [-0.3, -0.25) is 0 Å². The number of imidazole rings is 1. The first kappa shape index (κ1) is 12.6. The van der Waals surface area contributed by atoms with Gasteiger partial charge in [-0.15, -0.1) is 0 Å². The van der Waals surface area contributed by atoms with Crippen molar-refractivity contribution < 1.29 is 8.42 Å². The molecule has 2 aromatic rings. The Balaban J connectivity index is 1.99. The van der Waals surface area contributed by atoms with Crippen LogP contribution in [0.1, 0.15) is 6.92 Å². The summed E-state index contributed by atoms with van der Waals surface area (Å²) in [6.45, 7) is 3.59. The molecule has 1 aliphatic heterocycles. The summed E-state index contributed by atoms with van der Waals surface area (Å²) in [4.78, 5) is 7.07. The van der Waals surface area contributed by atoms with Gasteiger partial charge in [0.1, 0.15) is 0 Å². The van der Waals surface area contributed by atoms with Gasteiger partial charge in [0.15, 0.2) is 0 Å². The molecule has 1 saturated heterocycles. The van der Waals surface area contributed by atoms with Crippen molar-refractivity contribution in [3.8, 4) is 0 Å². The van der Waals surface area contributed by atoms with E-state index in [9.17, 15) is 8.42 Å². The first-order chi connectivity index (χ1) is 9.07. The Morgan fingerprint density at radius 1 is 1.37 bits per heavy atom. The van der Waals surface area contributed by atoms with Crippen LogP contribution in [0.4, 0.5) is 0 Å². The number of piperazine rings is 1. The molecule has 0 radical (unpaired) electrons. The number of nitrogens with one attached hydrogen (secondary N) is 2. The van der Waals surface area contributed by atoms with Gasteiger partial charge in [-0.05, 0) is 19.1 Å². The number of aromatic nitrogens is 2. The van der Waals surface area contributed by atoms with Crippen molar-refractivity contribution in [3.63, 3.8) is 0 Å². The lowest BCUT2D eigenvalue weighted by Crippen LogP contribution is -2.51. The zero-order valence-electron chi connectivity index (χ0n) is 10.6. The van der Waals surface area contributed by atoms with Crippen LogP contribution in [0.15, 0.2) is 29.4 Å². The average Bonchev–Trinajstić information content (AvgIpc) is 2.83. The minimum Gasteiger partial charge on any atom is -0.328 e. The van der Waals surface area contributed by atoms with Crippen LogP contribution < -0.4 is 5.32 Å². The van der Waals surface area contributed by atoms with Crippen LogP contribution in [0, 0.1) is 0 Å². The van der Waals surface area contributed by atoms with E-state index in [4.69, 9.17) is 0 Å². The molecule has 6 nitrogen and oxygen atoms in total. The summed E-state index contributed by atoms with van der Waals surface area (Å²) in [7, 11) is -3.53. The number of hydrogen-bond donors (Lipinski definition) is 2. The molecule has 0 saturated carbocycles. The van der Waals surface area contributed by atoms with E-state index >= 15 is 0 Å². The largest absolute Gasteiger partial charge is 0.328 e. The number of rotatable bonds is 2. The van der Waals surface area contributed by atoms with E-state index < -0.39 is 10.0 Å². The van der Waals surface area contributed by atoms with Crippen molar-refractivity contribution in [2.75, 3.05) is 19.6 Å². The summed E-state index contributed by atoms with van der Waals surface area (Å²) in [6.07, 6.45) is 0. The second-order valence-corrected chi connectivity index (χ2v) is 6.63. The Labute approximate surface area is 111 Å². The van der Waals surface area contributed by atoms with Gasteiger partial charge in [0.2, 0.25) is 5.16 Å². The van der Waals surface area contributed by atoms with E-state index in [0.29, 0.717) is 25.2 Å².